The van der Waals surface area contributed by atoms with Crippen LogP contribution in [0.15, 0.2) is 30.6 Å². The number of nitrogens with one attached hydrogen (secondary N) is 2. The van der Waals surface area contributed by atoms with Gasteiger partial charge in [-0.1, -0.05) is 0 Å². The molecule has 0 spiro atoms. The molecule has 0 saturated heterocycles. The zero-order valence-electron chi connectivity index (χ0n) is 9.07. The first-order valence-electron chi connectivity index (χ1n) is 5.20. The van der Waals surface area contributed by atoms with Gasteiger partial charge in [0.15, 0.2) is 0 Å². The first kappa shape index (κ1) is 10.5. The minimum atomic E-state index is -1.08. The highest BCUT2D eigenvalue weighted by Crippen LogP contribution is 2.29. The average Bonchev–Trinajstić information content (AvgIpc) is 2.92. The van der Waals surface area contributed by atoms with Gasteiger partial charge in [-0.2, -0.15) is 5.10 Å². The predicted molar refractivity (Wildman–Crippen MR) is 62.8 cm³/mol. The Hall–Kier alpha value is -2.63. The number of carboxylic acids is 1. The Kier molecular flexibility index (Phi) is 2.16. The summed E-state index contributed by atoms with van der Waals surface area (Å²) in [6, 6.07) is 4.30. The van der Waals surface area contributed by atoms with Crippen molar-refractivity contribution < 1.29 is 14.3 Å². The molecule has 0 radical (unpaired) electrons. The van der Waals surface area contributed by atoms with Gasteiger partial charge in [-0.25, -0.2) is 9.18 Å². The van der Waals surface area contributed by atoms with Crippen LogP contribution >= 0.6 is 0 Å². The molecule has 5 nitrogen and oxygen atoms in total. The quantitative estimate of drug-likeness (QED) is 0.648. The largest absolute Gasteiger partial charge is 0.478 e. The number of aromatic carboxylic acids is 1. The molecule has 3 N–H and O–H groups in total. The van der Waals surface area contributed by atoms with Crippen molar-refractivity contribution in [1.82, 2.24) is 15.2 Å². The Labute approximate surface area is 100 Å². The molecular weight excluding hydrogens is 237 g/mol. The van der Waals surface area contributed by atoms with Crippen LogP contribution in [0, 0.1) is 5.82 Å². The number of H-pyrrole nitrogens is 2. The van der Waals surface area contributed by atoms with Crippen LogP contribution in [-0.2, 0) is 0 Å². The van der Waals surface area contributed by atoms with Crippen LogP contribution in [0.1, 0.15) is 10.4 Å². The second-order valence-corrected chi connectivity index (χ2v) is 3.86. The minimum absolute atomic E-state index is 0.0557. The summed E-state index contributed by atoms with van der Waals surface area (Å²) in [7, 11) is 0. The van der Waals surface area contributed by atoms with E-state index in [0.717, 1.165) is 5.52 Å². The van der Waals surface area contributed by atoms with E-state index in [-0.39, 0.29) is 11.4 Å². The van der Waals surface area contributed by atoms with Gasteiger partial charge in [-0.3, -0.25) is 5.10 Å². The Morgan fingerprint density at radius 1 is 1.39 bits per heavy atom. The van der Waals surface area contributed by atoms with Crippen LogP contribution in [-0.4, -0.2) is 26.3 Å². The van der Waals surface area contributed by atoms with Gasteiger partial charge in [0.25, 0.3) is 0 Å². The molecule has 0 aliphatic heterocycles. The van der Waals surface area contributed by atoms with E-state index in [1.807, 2.05) is 0 Å². The standard InChI is InChI=1S/C12H8FN3O2/c13-6-1-2-10-7(3-6)8(4-14-10)11-9(12(17)18)5-15-16-11/h1-5,14H,(H,15,16)(H,17,18). The minimum Gasteiger partial charge on any atom is -0.478 e. The zero-order valence-corrected chi connectivity index (χ0v) is 9.07. The number of hydrogen-bond donors (Lipinski definition) is 3. The second kappa shape index (κ2) is 3.69. The van der Waals surface area contributed by atoms with Gasteiger partial charge in [0, 0.05) is 22.7 Å². The number of halogens is 1. The van der Waals surface area contributed by atoms with Gasteiger partial charge < -0.3 is 10.1 Å². The van der Waals surface area contributed by atoms with Gasteiger partial charge >= 0.3 is 5.97 Å². The van der Waals surface area contributed by atoms with Gasteiger partial charge in [0.2, 0.25) is 0 Å². The second-order valence-electron chi connectivity index (χ2n) is 3.86. The lowest BCUT2D eigenvalue weighted by Crippen LogP contribution is -1.96. The van der Waals surface area contributed by atoms with Crippen molar-refractivity contribution in [3.05, 3.63) is 42.0 Å². The van der Waals surface area contributed by atoms with E-state index in [1.54, 1.807) is 12.3 Å². The van der Waals surface area contributed by atoms with Crippen LogP contribution in [0.5, 0.6) is 0 Å². The Morgan fingerprint density at radius 2 is 2.22 bits per heavy atom. The Morgan fingerprint density at radius 3 is 3.00 bits per heavy atom. The van der Waals surface area contributed by atoms with Crippen molar-refractivity contribution in [2.45, 2.75) is 0 Å². The topological polar surface area (TPSA) is 81.8 Å². The molecule has 6 heteroatoms. The third-order valence-electron chi connectivity index (χ3n) is 2.78. The molecular formula is C12H8FN3O2. The maximum absolute atomic E-state index is 13.2. The number of benzene rings is 1. The van der Waals surface area contributed by atoms with E-state index in [0.29, 0.717) is 16.6 Å². The molecule has 2 heterocycles. The number of fused-ring (bicyclic) bond motifs is 1. The summed E-state index contributed by atoms with van der Waals surface area (Å²) >= 11 is 0. The number of aromatic nitrogens is 3. The van der Waals surface area contributed by atoms with E-state index in [4.69, 9.17) is 5.11 Å². The summed E-state index contributed by atoms with van der Waals surface area (Å²) in [4.78, 5) is 14.0. The van der Waals surface area contributed by atoms with Crippen LogP contribution in [0.3, 0.4) is 0 Å². The van der Waals surface area contributed by atoms with Crippen molar-refractivity contribution in [2.24, 2.45) is 0 Å². The summed E-state index contributed by atoms with van der Waals surface area (Å²) in [5.41, 5.74) is 1.73. The van der Waals surface area contributed by atoms with Crippen LogP contribution < -0.4 is 0 Å². The molecule has 0 fully saturated rings. The number of nitrogens with zero attached hydrogens (tertiary/aromatic N) is 1. The molecule has 1 aromatic carbocycles. The van der Waals surface area contributed by atoms with Gasteiger partial charge in [-0.15, -0.1) is 0 Å². The fourth-order valence-corrected chi connectivity index (χ4v) is 1.95. The van der Waals surface area contributed by atoms with Crippen LogP contribution in [0.4, 0.5) is 4.39 Å². The molecule has 0 atom stereocenters. The summed E-state index contributed by atoms with van der Waals surface area (Å²) < 4.78 is 13.2. The third-order valence-corrected chi connectivity index (χ3v) is 2.78. The molecule has 0 aliphatic carbocycles. The van der Waals surface area contributed by atoms with Crippen LogP contribution in [0.2, 0.25) is 0 Å². The highest BCUT2D eigenvalue weighted by Gasteiger charge is 2.17. The number of aromatic amines is 2. The van der Waals surface area contributed by atoms with E-state index in [1.165, 1.54) is 18.3 Å². The summed E-state index contributed by atoms with van der Waals surface area (Å²) in [5, 5.41) is 16.0. The van der Waals surface area contributed by atoms with Gasteiger partial charge in [-0.05, 0) is 18.2 Å². The van der Waals surface area contributed by atoms with Crippen molar-refractivity contribution >= 4 is 16.9 Å². The molecule has 0 aliphatic rings. The molecule has 3 rings (SSSR count). The normalized spacial score (nSPS) is 10.9. The highest BCUT2D eigenvalue weighted by molar-refractivity contribution is 6.01. The van der Waals surface area contributed by atoms with Gasteiger partial charge in [0.1, 0.15) is 11.4 Å². The first-order valence-corrected chi connectivity index (χ1v) is 5.20. The smallest absolute Gasteiger partial charge is 0.339 e. The first-order chi connectivity index (χ1) is 8.66. The predicted octanol–water partition coefficient (Wildman–Crippen LogP) is 2.40. The SMILES string of the molecule is O=C(O)c1cn[nH]c1-c1c[nH]c2ccc(F)cc12. The molecule has 90 valence electrons. The maximum Gasteiger partial charge on any atom is 0.339 e. The maximum atomic E-state index is 13.2. The van der Waals surface area contributed by atoms with E-state index >= 15 is 0 Å². The molecule has 18 heavy (non-hydrogen) atoms. The van der Waals surface area contributed by atoms with Crippen molar-refractivity contribution in [1.29, 1.82) is 0 Å². The number of rotatable bonds is 2. The van der Waals surface area contributed by atoms with Crippen molar-refractivity contribution in [3.63, 3.8) is 0 Å². The summed E-state index contributed by atoms with van der Waals surface area (Å²) in [6.45, 7) is 0. The fraction of sp³-hybridized carbons (Fsp3) is 0. The van der Waals surface area contributed by atoms with E-state index in [9.17, 15) is 9.18 Å². The summed E-state index contributed by atoms with van der Waals surface area (Å²) in [6.07, 6.45) is 2.86. The fourth-order valence-electron chi connectivity index (χ4n) is 1.95. The number of carboxylic acid groups (broad SMARTS) is 1. The molecule has 3 aromatic rings. The molecule has 0 saturated carbocycles. The average molecular weight is 245 g/mol. The highest BCUT2D eigenvalue weighted by atomic mass is 19.1. The number of carbonyl (C=O) groups is 1. The Bertz CT molecular complexity index is 745. The molecule has 0 unspecified atom stereocenters. The van der Waals surface area contributed by atoms with Crippen molar-refractivity contribution in [2.75, 3.05) is 0 Å². The molecule has 2 aromatic heterocycles. The third kappa shape index (κ3) is 1.46. The molecule has 0 bridgehead atoms. The van der Waals surface area contributed by atoms with Crippen LogP contribution in [0.25, 0.3) is 22.2 Å². The lowest BCUT2D eigenvalue weighted by atomic mass is 10.1. The van der Waals surface area contributed by atoms with Gasteiger partial charge in [0.05, 0.1) is 11.9 Å². The van der Waals surface area contributed by atoms with E-state index < -0.39 is 5.97 Å². The van der Waals surface area contributed by atoms with Crippen molar-refractivity contribution in [3.8, 4) is 11.3 Å². The lowest BCUT2D eigenvalue weighted by Gasteiger charge is -1.98. The molecule has 0 amide bonds. The zero-order chi connectivity index (χ0) is 12.7. The lowest BCUT2D eigenvalue weighted by molar-refractivity contribution is 0.0698. The van der Waals surface area contributed by atoms with E-state index in [2.05, 4.69) is 15.2 Å². The Balaban J connectivity index is 2.28. The number of hydrogen-bond acceptors (Lipinski definition) is 2. The monoisotopic (exact) mass is 245 g/mol. The summed E-state index contributed by atoms with van der Waals surface area (Å²) in [5.74, 6) is -1.45.